The molecular weight excluding hydrogens is 210 g/mol. The molecule has 0 spiro atoms. The molecule has 1 aromatic heterocycles. The normalized spacial score (nSPS) is 9.94. The average molecular weight is 223 g/mol. The van der Waals surface area contributed by atoms with Crippen LogP contribution in [0.4, 0.5) is 5.82 Å². The summed E-state index contributed by atoms with van der Waals surface area (Å²) in [5.74, 6) is 0.282. The predicted molar refractivity (Wildman–Crippen MR) is 68.3 cm³/mol. The van der Waals surface area contributed by atoms with E-state index in [0.717, 1.165) is 11.3 Å². The van der Waals surface area contributed by atoms with Crippen molar-refractivity contribution in [3.8, 4) is 17.3 Å². The smallest absolute Gasteiger partial charge is 0.142 e. The van der Waals surface area contributed by atoms with Crippen LogP contribution in [0.1, 0.15) is 16.7 Å². The summed E-state index contributed by atoms with van der Waals surface area (Å²) in [5, 5.41) is 8.80. The van der Waals surface area contributed by atoms with Gasteiger partial charge in [0.1, 0.15) is 11.9 Å². The van der Waals surface area contributed by atoms with E-state index in [0.29, 0.717) is 5.56 Å². The summed E-state index contributed by atoms with van der Waals surface area (Å²) in [4.78, 5) is 4.25. The van der Waals surface area contributed by atoms with Gasteiger partial charge in [0, 0.05) is 5.56 Å². The van der Waals surface area contributed by atoms with E-state index < -0.39 is 0 Å². The van der Waals surface area contributed by atoms with Crippen molar-refractivity contribution in [2.75, 3.05) is 5.73 Å². The van der Waals surface area contributed by atoms with E-state index in [2.05, 4.69) is 23.2 Å². The number of nitriles is 1. The number of pyridine rings is 1. The molecule has 3 heteroatoms. The number of aryl methyl sites for hydroxylation is 2. The molecule has 84 valence electrons. The van der Waals surface area contributed by atoms with E-state index in [9.17, 15) is 0 Å². The molecule has 0 aliphatic rings. The molecule has 0 amide bonds. The topological polar surface area (TPSA) is 62.7 Å². The quantitative estimate of drug-likeness (QED) is 0.808. The van der Waals surface area contributed by atoms with Gasteiger partial charge in [0.25, 0.3) is 0 Å². The molecular formula is C14H13N3. The molecule has 2 aromatic rings. The molecule has 0 aliphatic carbocycles. The van der Waals surface area contributed by atoms with Crippen molar-refractivity contribution in [3.05, 3.63) is 47.0 Å². The average Bonchev–Trinajstić information content (AvgIpc) is 2.27. The van der Waals surface area contributed by atoms with Gasteiger partial charge in [-0.05, 0) is 38.1 Å². The van der Waals surface area contributed by atoms with Crippen LogP contribution < -0.4 is 5.73 Å². The lowest BCUT2D eigenvalue weighted by atomic mass is 10.0. The monoisotopic (exact) mass is 223 g/mol. The molecule has 0 atom stereocenters. The third kappa shape index (κ3) is 2.26. The fourth-order valence-electron chi connectivity index (χ4n) is 1.85. The summed E-state index contributed by atoms with van der Waals surface area (Å²) in [5.41, 5.74) is 10.3. The van der Waals surface area contributed by atoms with Crippen LogP contribution >= 0.6 is 0 Å². The van der Waals surface area contributed by atoms with Crippen molar-refractivity contribution in [3.63, 3.8) is 0 Å². The Labute approximate surface area is 101 Å². The molecule has 2 N–H and O–H groups in total. The molecule has 1 heterocycles. The first kappa shape index (κ1) is 11.2. The number of rotatable bonds is 1. The number of nitrogen functional groups attached to an aromatic ring is 1. The zero-order chi connectivity index (χ0) is 12.4. The van der Waals surface area contributed by atoms with Crippen molar-refractivity contribution in [2.24, 2.45) is 0 Å². The number of benzene rings is 1. The lowest BCUT2D eigenvalue weighted by molar-refractivity contribution is 1.29. The van der Waals surface area contributed by atoms with E-state index >= 15 is 0 Å². The standard InChI is InChI=1S/C14H13N3/c1-9-5-10(2)7-12(6-9)13-4-3-11(8-15)14(16)17-13/h3-7H,1-2H3,(H2,16,17). The molecule has 0 aliphatic heterocycles. The highest BCUT2D eigenvalue weighted by Gasteiger charge is 2.05. The highest BCUT2D eigenvalue weighted by Crippen LogP contribution is 2.22. The van der Waals surface area contributed by atoms with Gasteiger partial charge in [0.2, 0.25) is 0 Å². The fraction of sp³-hybridized carbons (Fsp3) is 0.143. The zero-order valence-corrected chi connectivity index (χ0v) is 9.86. The number of hydrogen-bond acceptors (Lipinski definition) is 3. The lowest BCUT2D eigenvalue weighted by Crippen LogP contribution is -1.96. The van der Waals surface area contributed by atoms with E-state index in [4.69, 9.17) is 11.0 Å². The van der Waals surface area contributed by atoms with Crippen molar-refractivity contribution in [2.45, 2.75) is 13.8 Å². The number of anilines is 1. The first-order chi connectivity index (χ1) is 8.10. The Kier molecular flexibility index (Phi) is 2.80. The third-order valence-corrected chi connectivity index (χ3v) is 2.56. The maximum Gasteiger partial charge on any atom is 0.142 e. The van der Waals surface area contributed by atoms with Crippen molar-refractivity contribution >= 4 is 5.82 Å². The van der Waals surface area contributed by atoms with E-state index in [-0.39, 0.29) is 5.82 Å². The van der Waals surface area contributed by atoms with Gasteiger partial charge in [-0.25, -0.2) is 4.98 Å². The molecule has 0 radical (unpaired) electrons. The summed E-state index contributed by atoms with van der Waals surface area (Å²) in [6.07, 6.45) is 0. The SMILES string of the molecule is Cc1cc(C)cc(-c2ccc(C#N)c(N)n2)c1. The molecule has 0 bridgehead atoms. The van der Waals surface area contributed by atoms with Crippen LogP contribution in [-0.4, -0.2) is 4.98 Å². The van der Waals surface area contributed by atoms with Crippen LogP contribution in [0.5, 0.6) is 0 Å². The second-order valence-corrected chi connectivity index (χ2v) is 4.12. The van der Waals surface area contributed by atoms with E-state index in [1.807, 2.05) is 26.0 Å². The first-order valence-electron chi connectivity index (χ1n) is 5.35. The second kappa shape index (κ2) is 4.26. The summed E-state index contributed by atoms with van der Waals surface area (Å²) in [7, 11) is 0. The minimum absolute atomic E-state index is 0.282. The van der Waals surface area contributed by atoms with Gasteiger partial charge >= 0.3 is 0 Å². The highest BCUT2D eigenvalue weighted by atomic mass is 14.8. The lowest BCUT2D eigenvalue weighted by Gasteiger charge is -2.06. The summed E-state index contributed by atoms with van der Waals surface area (Å²) >= 11 is 0. The minimum atomic E-state index is 0.282. The Morgan fingerprint density at radius 1 is 1.12 bits per heavy atom. The number of nitrogens with two attached hydrogens (primary N) is 1. The van der Waals surface area contributed by atoms with Crippen molar-refractivity contribution < 1.29 is 0 Å². The molecule has 17 heavy (non-hydrogen) atoms. The van der Waals surface area contributed by atoms with Gasteiger partial charge in [0.05, 0.1) is 11.3 Å². The maximum absolute atomic E-state index is 8.80. The Morgan fingerprint density at radius 2 is 1.76 bits per heavy atom. The highest BCUT2D eigenvalue weighted by molar-refractivity contribution is 5.65. The summed E-state index contributed by atoms with van der Waals surface area (Å²) < 4.78 is 0. The van der Waals surface area contributed by atoms with Crippen LogP contribution in [0.3, 0.4) is 0 Å². The molecule has 0 fully saturated rings. The summed E-state index contributed by atoms with van der Waals surface area (Å²) in [6.45, 7) is 4.09. The third-order valence-electron chi connectivity index (χ3n) is 2.56. The van der Waals surface area contributed by atoms with Crippen molar-refractivity contribution in [1.29, 1.82) is 5.26 Å². The van der Waals surface area contributed by atoms with E-state index in [1.54, 1.807) is 6.07 Å². The largest absolute Gasteiger partial charge is 0.383 e. The van der Waals surface area contributed by atoms with Crippen LogP contribution in [0, 0.1) is 25.2 Å². The Balaban J connectivity index is 2.54. The van der Waals surface area contributed by atoms with Gasteiger partial charge in [-0.3, -0.25) is 0 Å². The van der Waals surface area contributed by atoms with Gasteiger partial charge < -0.3 is 5.73 Å². The second-order valence-electron chi connectivity index (χ2n) is 4.12. The van der Waals surface area contributed by atoms with Crippen LogP contribution in [0.2, 0.25) is 0 Å². The first-order valence-corrected chi connectivity index (χ1v) is 5.35. The molecule has 1 aromatic carbocycles. The number of nitrogens with zero attached hydrogens (tertiary/aromatic N) is 2. The van der Waals surface area contributed by atoms with Gasteiger partial charge in [-0.15, -0.1) is 0 Å². The predicted octanol–water partition coefficient (Wildman–Crippen LogP) is 2.82. The molecule has 0 unspecified atom stereocenters. The molecule has 0 saturated heterocycles. The van der Waals surface area contributed by atoms with Crippen LogP contribution in [-0.2, 0) is 0 Å². The maximum atomic E-state index is 8.80. The zero-order valence-electron chi connectivity index (χ0n) is 9.86. The fourth-order valence-corrected chi connectivity index (χ4v) is 1.85. The Hall–Kier alpha value is -2.34. The van der Waals surface area contributed by atoms with Crippen LogP contribution in [0.15, 0.2) is 30.3 Å². The molecule has 3 nitrogen and oxygen atoms in total. The van der Waals surface area contributed by atoms with Crippen molar-refractivity contribution in [1.82, 2.24) is 4.98 Å². The summed E-state index contributed by atoms with van der Waals surface area (Å²) in [6, 6.07) is 11.8. The number of aromatic nitrogens is 1. The minimum Gasteiger partial charge on any atom is -0.383 e. The Bertz CT molecular complexity index is 589. The molecule has 0 saturated carbocycles. The Morgan fingerprint density at radius 3 is 2.29 bits per heavy atom. The molecule has 2 rings (SSSR count). The van der Waals surface area contributed by atoms with E-state index in [1.165, 1.54) is 11.1 Å². The van der Waals surface area contributed by atoms with Gasteiger partial charge in [0.15, 0.2) is 0 Å². The van der Waals surface area contributed by atoms with Gasteiger partial charge in [-0.2, -0.15) is 5.26 Å². The van der Waals surface area contributed by atoms with Crippen LogP contribution in [0.25, 0.3) is 11.3 Å². The van der Waals surface area contributed by atoms with Gasteiger partial charge in [-0.1, -0.05) is 17.2 Å². The number of hydrogen-bond donors (Lipinski definition) is 1.